The minimum absolute atomic E-state index is 0.643. The Morgan fingerprint density at radius 2 is 1.68 bits per heavy atom. The number of aromatic nitrogens is 4. The molecule has 0 spiro atoms. The highest BCUT2D eigenvalue weighted by Gasteiger charge is 2.10. The number of rotatable bonds is 8. The predicted octanol–water partition coefficient (Wildman–Crippen LogP) is 5.95. The van der Waals surface area contributed by atoms with Crippen LogP contribution in [0.3, 0.4) is 0 Å². The molecule has 0 aliphatic heterocycles. The van der Waals surface area contributed by atoms with Gasteiger partial charge in [0.2, 0.25) is 5.95 Å². The summed E-state index contributed by atoms with van der Waals surface area (Å²) in [5.41, 5.74) is 4.93. The number of fused-ring (bicyclic) bond motifs is 1. The van der Waals surface area contributed by atoms with Crippen LogP contribution in [0.4, 0.5) is 11.6 Å². The van der Waals surface area contributed by atoms with Crippen LogP contribution in [0, 0.1) is 0 Å². The van der Waals surface area contributed by atoms with E-state index < -0.39 is 0 Å². The average Bonchev–Trinajstić information content (AvgIpc) is 3.16. The minimum atomic E-state index is 0.643. The second kappa shape index (κ2) is 10.0. The van der Waals surface area contributed by atoms with Gasteiger partial charge in [-0.25, -0.2) is 4.98 Å². The smallest absolute Gasteiger partial charge is 0.208 e. The summed E-state index contributed by atoms with van der Waals surface area (Å²) in [4.78, 5) is 13.2. The van der Waals surface area contributed by atoms with Gasteiger partial charge in [-0.15, -0.1) is 0 Å². The highest BCUT2D eigenvalue weighted by molar-refractivity contribution is 9.10. The van der Waals surface area contributed by atoms with Gasteiger partial charge in [-0.1, -0.05) is 15.9 Å². The molecule has 5 rings (SSSR count). The molecule has 34 heavy (non-hydrogen) atoms. The third-order valence-electron chi connectivity index (χ3n) is 5.36. The lowest BCUT2D eigenvalue weighted by Crippen LogP contribution is -2.13. The van der Waals surface area contributed by atoms with E-state index in [0.29, 0.717) is 6.54 Å². The quantitative estimate of drug-likeness (QED) is 0.266. The van der Waals surface area contributed by atoms with Crippen molar-refractivity contribution in [3.63, 3.8) is 0 Å². The van der Waals surface area contributed by atoms with Crippen LogP contribution in [-0.4, -0.2) is 19.5 Å². The van der Waals surface area contributed by atoms with Crippen molar-refractivity contribution in [3.05, 3.63) is 101 Å². The number of nitrogens with one attached hydrogen (secondary N) is 2. The molecular weight excluding hydrogens is 492 g/mol. The summed E-state index contributed by atoms with van der Waals surface area (Å²) in [6.45, 7) is 1.39. The number of pyridine rings is 2. The molecule has 8 heteroatoms. The van der Waals surface area contributed by atoms with Crippen molar-refractivity contribution in [2.24, 2.45) is 7.05 Å². The maximum absolute atomic E-state index is 6.12. The van der Waals surface area contributed by atoms with Crippen molar-refractivity contribution >= 4 is 38.6 Å². The molecule has 0 unspecified atom stereocenters. The Morgan fingerprint density at radius 3 is 2.50 bits per heavy atom. The fourth-order valence-corrected chi connectivity index (χ4v) is 3.87. The molecular formula is C26H23BrN6O. The van der Waals surface area contributed by atoms with Crippen molar-refractivity contribution in [2.45, 2.75) is 13.1 Å². The van der Waals surface area contributed by atoms with Gasteiger partial charge in [0.1, 0.15) is 11.5 Å². The monoisotopic (exact) mass is 514 g/mol. The van der Waals surface area contributed by atoms with E-state index >= 15 is 0 Å². The molecule has 0 amide bonds. The highest BCUT2D eigenvalue weighted by Crippen LogP contribution is 2.28. The second-order valence-electron chi connectivity index (χ2n) is 7.82. The topological polar surface area (TPSA) is 76.9 Å². The van der Waals surface area contributed by atoms with Crippen LogP contribution < -0.4 is 15.4 Å². The lowest BCUT2D eigenvalue weighted by molar-refractivity contribution is 0.481. The summed E-state index contributed by atoms with van der Waals surface area (Å²) in [6.07, 6.45) is 5.35. The van der Waals surface area contributed by atoms with Crippen LogP contribution >= 0.6 is 15.9 Å². The molecule has 0 fully saturated rings. The van der Waals surface area contributed by atoms with Crippen molar-refractivity contribution in [3.8, 4) is 11.5 Å². The maximum atomic E-state index is 6.12. The number of aryl methyl sites for hydroxylation is 1. The largest absolute Gasteiger partial charge is 0.457 e. The van der Waals surface area contributed by atoms with Gasteiger partial charge in [0.25, 0.3) is 0 Å². The molecule has 0 radical (unpaired) electrons. The Kier molecular flexibility index (Phi) is 6.51. The molecule has 3 heterocycles. The molecule has 0 saturated carbocycles. The van der Waals surface area contributed by atoms with Gasteiger partial charge in [-0.05, 0) is 60.2 Å². The van der Waals surface area contributed by atoms with E-state index in [9.17, 15) is 0 Å². The average molecular weight is 515 g/mol. The maximum Gasteiger partial charge on any atom is 0.208 e. The van der Waals surface area contributed by atoms with Crippen LogP contribution in [0.15, 0.2) is 89.8 Å². The van der Waals surface area contributed by atoms with E-state index in [0.717, 1.165) is 50.9 Å². The van der Waals surface area contributed by atoms with Gasteiger partial charge in [0.15, 0.2) is 0 Å². The highest BCUT2D eigenvalue weighted by atomic mass is 79.9. The Morgan fingerprint density at radius 1 is 0.882 bits per heavy atom. The number of nitrogens with zero attached hydrogens (tertiary/aromatic N) is 4. The summed E-state index contributed by atoms with van der Waals surface area (Å²) >= 11 is 3.46. The number of benzene rings is 2. The van der Waals surface area contributed by atoms with Gasteiger partial charge >= 0.3 is 0 Å². The van der Waals surface area contributed by atoms with Crippen molar-refractivity contribution < 1.29 is 4.74 Å². The Labute approximate surface area is 206 Å². The molecule has 7 nitrogen and oxygen atoms in total. The lowest BCUT2D eigenvalue weighted by atomic mass is 10.2. The normalized spacial score (nSPS) is 11.0. The van der Waals surface area contributed by atoms with Crippen LogP contribution in [0.25, 0.3) is 11.0 Å². The molecule has 3 aromatic heterocycles. The summed E-state index contributed by atoms with van der Waals surface area (Å²) in [6, 6.07) is 21.7. The summed E-state index contributed by atoms with van der Waals surface area (Å²) in [5.74, 6) is 2.22. The summed E-state index contributed by atoms with van der Waals surface area (Å²) in [5, 5.41) is 6.77. The lowest BCUT2D eigenvalue weighted by Gasteiger charge is -2.08. The van der Waals surface area contributed by atoms with Gasteiger partial charge < -0.3 is 19.9 Å². The standard InChI is InChI=1S/C26H23BrN6O/c1-33-25-7-6-22(15-24(25)32-26(33)31-20-4-2-19(27)3-5-20)34-23-10-13-30-21(14-23)17-29-16-18-8-11-28-12-9-18/h2-15,29H,16-17H2,1H3,(H,31,32). The SMILES string of the molecule is Cn1c(Nc2ccc(Br)cc2)nc2cc(Oc3ccnc(CNCc4ccncc4)c3)ccc21. The van der Waals surface area contributed by atoms with E-state index in [1.54, 1.807) is 18.6 Å². The van der Waals surface area contributed by atoms with Crippen LogP contribution in [0.5, 0.6) is 11.5 Å². The first kappa shape index (κ1) is 22.1. The van der Waals surface area contributed by atoms with Crippen molar-refractivity contribution in [1.82, 2.24) is 24.8 Å². The van der Waals surface area contributed by atoms with Gasteiger partial charge in [0, 0.05) is 61.0 Å². The molecule has 170 valence electrons. The number of ether oxygens (including phenoxy) is 1. The van der Waals surface area contributed by atoms with E-state index in [-0.39, 0.29) is 0 Å². The van der Waals surface area contributed by atoms with Crippen molar-refractivity contribution in [2.75, 3.05) is 5.32 Å². The predicted molar refractivity (Wildman–Crippen MR) is 137 cm³/mol. The van der Waals surface area contributed by atoms with E-state index in [1.807, 2.05) is 78.3 Å². The first-order chi connectivity index (χ1) is 16.6. The third-order valence-corrected chi connectivity index (χ3v) is 5.89. The molecule has 0 bridgehead atoms. The summed E-state index contributed by atoms with van der Waals surface area (Å²) < 4.78 is 9.19. The first-order valence-electron chi connectivity index (χ1n) is 10.9. The van der Waals surface area contributed by atoms with Crippen LogP contribution in [0.1, 0.15) is 11.3 Å². The summed E-state index contributed by atoms with van der Waals surface area (Å²) in [7, 11) is 1.99. The zero-order valence-electron chi connectivity index (χ0n) is 18.6. The number of anilines is 2. The van der Waals surface area contributed by atoms with E-state index in [1.165, 1.54) is 5.56 Å². The number of halogens is 1. The van der Waals surface area contributed by atoms with Gasteiger partial charge in [-0.2, -0.15) is 0 Å². The Bertz CT molecular complexity index is 1400. The zero-order valence-corrected chi connectivity index (χ0v) is 20.2. The Balaban J connectivity index is 1.27. The Hall–Kier alpha value is -3.75. The second-order valence-corrected chi connectivity index (χ2v) is 8.74. The first-order valence-corrected chi connectivity index (χ1v) is 11.6. The zero-order chi connectivity index (χ0) is 23.3. The van der Waals surface area contributed by atoms with Gasteiger partial charge in [0.05, 0.1) is 16.7 Å². The molecule has 0 atom stereocenters. The molecule has 2 aromatic carbocycles. The van der Waals surface area contributed by atoms with Gasteiger partial charge in [-0.3, -0.25) is 9.97 Å². The minimum Gasteiger partial charge on any atom is -0.457 e. The molecule has 0 saturated heterocycles. The van der Waals surface area contributed by atoms with Crippen LogP contribution in [-0.2, 0) is 20.1 Å². The molecule has 0 aliphatic carbocycles. The molecule has 5 aromatic rings. The van der Waals surface area contributed by atoms with E-state index in [4.69, 9.17) is 9.72 Å². The van der Waals surface area contributed by atoms with Crippen LogP contribution in [0.2, 0.25) is 0 Å². The molecule has 2 N–H and O–H groups in total. The van der Waals surface area contributed by atoms with E-state index in [2.05, 4.69) is 36.5 Å². The fourth-order valence-electron chi connectivity index (χ4n) is 3.61. The number of hydrogen-bond donors (Lipinski definition) is 2. The number of imidazole rings is 1. The van der Waals surface area contributed by atoms with Crippen molar-refractivity contribution in [1.29, 1.82) is 0 Å². The fraction of sp³-hybridized carbons (Fsp3) is 0.115. The third kappa shape index (κ3) is 5.24. The molecule has 0 aliphatic rings. The number of hydrogen-bond acceptors (Lipinski definition) is 6.